The summed E-state index contributed by atoms with van der Waals surface area (Å²) in [6.45, 7) is 3.50. The molecule has 0 heterocycles. The molecule has 22 heavy (non-hydrogen) atoms. The summed E-state index contributed by atoms with van der Waals surface area (Å²) in [6, 6.07) is 13.9. The number of methoxy groups -OCH3 is 2. The van der Waals surface area contributed by atoms with Crippen LogP contribution < -0.4 is 19.5 Å². The highest BCUT2D eigenvalue weighted by Crippen LogP contribution is 2.28. The SMILES string of the molecule is CCCOc1ccc(CNc2ccc(OC)cc2)cc1OC. The van der Waals surface area contributed by atoms with Crippen LogP contribution in [0.5, 0.6) is 17.2 Å². The number of benzene rings is 2. The quantitative estimate of drug-likeness (QED) is 0.796. The predicted molar refractivity (Wildman–Crippen MR) is 89.1 cm³/mol. The Bertz CT molecular complexity index is 581. The van der Waals surface area contributed by atoms with Gasteiger partial charge in [-0.25, -0.2) is 0 Å². The van der Waals surface area contributed by atoms with Gasteiger partial charge in [0.2, 0.25) is 0 Å². The largest absolute Gasteiger partial charge is 0.497 e. The molecule has 4 heteroatoms. The van der Waals surface area contributed by atoms with Crippen LogP contribution in [0.2, 0.25) is 0 Å². The molecule has 0 bridgehead atoms. The Morgan fingerprint density at radius 2 is 1.68 bits per heavy atom. The van der Waals surface area contributed by atoms with Gasteiger partial charge in [-0.3, -0.25) is 0 Å². The van der Waals surface area contributed by atoms with E-state index in [1.165, 1.54) is 0 Å². The third-order valence-corrected chi connectivity index (χ3v) is 3.28. The van der Waals surface area contributed by atoms with Gasteiger partial charge in [-0.15, -0.1) is 0 Å². The molecular formula is C18H23NO3. The molecule has 0 saturated heterocycles. The minimum Gasteiger partial charge on any atom is -0.497 e. The molecule has 0 aromatic heterocycles. The van der Waals surface area contributed by atoms with Crippen molar-refractivity contribution in [1.82, 2.24) is 0 Å². The molecule has 2 aromatic rings. The van der Waals surface area contributed by atoms with Gasteiger partial charge < -0.3 is 19.5 Å². The first-order chi connectivity index (χ1) is 10.8. The van der Waals surface area contributed by atoms with Crippen molar-refractivity contribution in [3.63, 3.8) is 0 Å². The fourth-order valence-corrected chi connectivity index (χ4v) is 2.07. The van der Waals surface area contributed by atoms with Crippen LogP contribution in [-0.2, 0) is 6.54 Å². The van der Waals surface area contributed by atoms with Crippen molar-refractivity contribution in [3.05, 3.63) is 48.0 Å². The van der Waals surface area contributed by atoms with E-state index in [1.54, 1.807) is 14.2 Å². The van der Waals surface area contributed by atoms with Gasteiger partial charge in [0.1, 0.15) is 5.75 Å². The monoisotopic (exact) mass is 301 g/mol. The topological polar surface area (TPSA) is 39.7 Å². The zero-order chi connectivity index (χ0) is 15.8. The van der Waals surface area contributed by atoms with Gasteiger partial charge in [-0.2, -0.15) is 0 Å². The highest BCUT2D eigenvalue weighted by Gasteiger charge is 2.05. The molecule has 0 aliphatic rings. The number of hydrogen-bond donors (Lipinski definition) is 1. The van der Waals surface area contributed by atoms with Crippen molar-refractivity contribution in [1.29, 1.82) is 0 Å². The molecule has 0 amide bonds. The fourth-order valence-electron chi connectivity index (χ4n) is 2.07. The molecule has 2 rings (SSSR count). The average molecular weight is 301 g/mol. The van der Waals surface area contributed by atoms with Crippen LogP contribution in [0.25, 0.3) is 0 Å². The van der Waals surface area contributed by atoms with Crippen LogP contribution in [0.1, 0.15) is 18.9 Å². The van der Waals surface area contributed by atoms with Crippen LogP contribution in [0, 0.1) is 0 Å². The molecular weight excluding hydrogens is 278 g/mol. The number of hydrogen-bond acceptors (Lipinski definition) is 4. The lowest BCUT2D eigenvalue weighted by molar-refractivity contribution is 0.294. The van der Waals surface area contributed by atoms with Gasteiger partial charge in [0, 0.05) is 12.2 Å². The molecule has 2 aromatic carbocycles. The van der Waals surface area contributed by atoms with E-state index in [9.17, 15) is 0 Å². The summed E-state index contributed by atoms with van der Waals surface area (Å²) in [5.41, 5.74) is 2.18. The Morgan fingerprint density at radius 1 is 0.909 bits per heavy atom. The summed E-state index contributed by atoms with van der Waals surface area (Å²) in [5.74, 6) is 2.41. The number of ether oxygens (including phenoxy) is 3. The summed E-state index contributed by atoms with van der Waals surface area (Å²) in [4.78, 5) is 0. The van der Waals surface area contributed by atoms with Crippen LogP contribution in [-0.4, -0.2) is 20.8 Å². The molecule has 0 spiro atoms. The van der Waals surface area contributed by atoms with Crippen LogP contribution in [0.3, 0.4) is 0 Å². The molecule has 0 saturated carbocycles. The maximum absolute atomic E-state index is 5.66. The van der Waals surface area contributed by atoms with Crippen LogP contribution in [0.15, 0.2) is 42.5 Å². The second-order valence-electron chi connectivity index (χ2n) is 4.92. The molecule has 0 radical (unpaired) electrons. The number of anilines is 1. The predicted octanol–water partition coefficient (Wildman–Crippen LogP) is 4.10. The molecule has 1 N–H and O–H groups in total. The molecule has 0 aliphatic carbocycles. The summed E-state index contributed by atoms with van der Waals surface area (Å²) in [6.07, 6.45) is 0.976. The zero-order valence-corrected chi connectivity index (χ0v) is 13.4. The second-order valence-corrected chi connectivity index (χ2v) is 4.92. The first-order valence-corrected chi connectivity index (χ1v) is 7.44. The van der Waals surface area contributed by atoms with Gasteiger partial charge in [0.25, 0.3) is 0 Å². The first-order valence-electron chi connectivity index (χ1n) is 7.44. The van der Waals surface area contributed by atoms with Crippen molar-refractivity contribution >= 4 is 5.69 Å². The third-order valence-electron chi connectivity index (χ3n) is 3.28. The van der Waals surface area contributed by atoms with E-state index >= 15 is 0 Å². The normalized spacial score (nSPS) is 10.1. The zero-order valence-electron chi connectivity index (χ0n) is 13.4. The maximum Gasteiger partial charge on any atom is 0.161 e. The smallest absolute Gasteiger partial charge is 0.161 e. The van der Waals surface area contributed by atoms with E-state index in [2.05, 4.69) is 12.2 Å². The average Bonchev–Trinajstić information content (AvgIpc) is 2.58. The molecule has 0 unspecified atom stereocenters. The highest BCUT2D eigenvalue weighted by molar-refractivity contribution is 5.48. The summed E-state index contributed by atoms with van der Waals surface area (Å²) in [7, 11) is 3.33. The lowest BCUT2D eigenvalue weighted by Gasteiger charge is -2.12. The van der Waals surface area contributed by atoms with E-state index in [4.69, 9.17) is 14.2 Å². The Kier molecular flexibility index (Phi) is 5.95. The van der Waals surface area contributed by atoms with Crippen molar-refractivity contribution in [2.45, 2.75) is 19.9 Å². The number of nitrogens with one attached hydrogen (secondary N) is 1. The Morgan fingerprint density at radius 3 is 2.32 bits per heavy atom. The van der Waals surface area contributed by atoms with Gasteiger partial charge in [0.05, 0.1) is 20.8 Å². The molecule has 0 aliphatic heterocycles. The molecule has 118 valence electrons. The molecule has 4 nitrogen and oxygen atoms in total. The van der Waals surface area contributed by atoms with Crippen molar-refractivity contribution in [3.8, 4) is 17.2 Å². The molecule has 0 atom stereocenters. The van der Waals surface area contributed by atoms with Gasteiger partial charge in [0.15, 0.2) is 11.5 Å². The third kappa shape index (κ3) is 4.32. The van der Waals surface area contributed by atoms with E-state index < -0.39 is 0 Å². The summed E-state index contributed by atoms with van der Waals surface area (Å²) < 4.78 is 16.2. The lowest BCUT2D eigenvalue weighted by Crippen LogP contribution is -2.02. The Balaban J connectivity index is 1.99. The standard InChI is InChI=1S/C18H23NO3/c1-4-11-22-17-10-5-14(12-18(17)21-3)13-19-15-6-8-16(20-2)9-7-15/h5-10,12,19H,4,11,13H2,1-3H3. The van der Waals surface area contributed by atoms with Crippen molar-refractivity contribution in [2.24, 2.45) is 0 Å². The van der Waals surface area contributed by atoms with Gasteiger partial charge >= 0.3 is 0 Å². The minimum absolute atomic E-state index is 0.694. The van der Waals surface area contributed by atoms with Crippen molar-refractivity contribution < 1.29 is 14.2 Å². The maximum atomic E-state index is 5.66. The molecule has 0 fully saturated rings. The minimum atomic E-state index is 0.694. The lowest BCUT2D eigenvalue weighted by atomic mass is 10.2. The number of rotatable bonds is 8. The fraction of sp³-hybridized carbons (Fsp3) is 0.333. The van der Waals surface area contributed by atoms with E-state index in [0.29, 0.717) is 6.61 Å². The van der Waals surface area contributed by atoms with Crippen molar-refractivity contribution in [2.75, 3.05) is 26.1 Å². The first kappa shape index (κ1) is 16.0. The highest BCUT2D eigenvalue weighted by atomic mass is 16.5. The van der Waals surface area contributed by atoms with Gasteiger partial charge in [-0.05, 0) is 48.4 Å². The van der Waals surface area contributed by atoms with E-state index in [-0.39, 0.29) is 0 Å². The van der Waals surface area contributed by atoms with E-state index in [0.717, 1.165) is 41.5 Å². The summed E-state index contributed by atoms with van der Waals surface area (Å²) in [5, 5.41) is 3.37. The Hall–Kier alpha value is -2.36. The summed E-state index contributed by atoms with van der Waals surface area (Å²) >= 11 is 0. The van der Waals surface area contributed by atoms with Gasteiger partial charge in [-0.1, -0.05) is 13.0 Å². The van der Waals surface area contributed by atoms with Crippen LogP contribution in [0.4, 0.5) is 5.69 Å². The van der Waals surface area contributed by atoms with E-state index in [1.807, 2.05) is 42.5 Å². The Labute approximate surface area is 132 Å². The second kappa shape index (κ2) is 8.17. The van der Waals surface area contributed by atoms with Crippen LogP contribution >= 0.6 is 0 Å².